The van der Waals surface area contributed by atoms with Crippen molar-refractivity contribution in [3.05, 3.63) is 0 Å². The Labute approximate surface area is 122 Å². The van der Waals surface area contributed by atoms with E-state index in [2.05, 4.69) is 17.9 Å². The molecule has 17 heteroatoms. The Morgan fingerprint density at radius 3 is 2.09 bits per heavy atom. The molecule has 0 spiro atoms. The molecular weight excluding hydrogens is 377 g/mol. The summed E-state index contributed by atoms with van der Waals surface area (Å²) in [5.41, 5.74) is 0. The smallest absolute Gasteiger partial charge is 0.393 e. The fourth-order valence-corrected chi connectivity index (χ4v) is 4.73. The maximum Gasteiger partial charge on any atom is 0.490 e. The molecule has 2 unspecified atom stereocenters. The largest absolute Gasteiger partial charge is 0.490 e. The molecule has 0 aromatic rings. The van der Waals surface area contributed by atoms with Crippen LogP contribution < -0.4 is 0 Å². The van der Waals surface area contributed by atoms with Crippen molar-refractivity contribution in [3.8, 4) is 0 Å². The highest BCUT2D eigenvalue weighted by molar-refractivity contribution is 7.66. The standard InChI is InChI=1S/C5H13O14P3/c6-2-3-5(8,1-4(7)16-3)17-21(12,13)19-22(14,15)18-20(9,10)11/h3-4,6-8H,1-2H2,(H,12,13)(H,14,15)(H2,9,10,11)/t3-,4+,5+/m1/s1. The molecule has 1 heterocycles. The van der Waals surface area contributed by atoms with E-state index in [1.165, 1.54) is 0 Å². The number of aliphatic hydroxyl groups is 3. The van der Waals surface area contributed by atoms with Crippen molar-refractivity contribution in [2.45, 2.75) is 24.6 Å². The third-order valence-corrected chi connectivity index (χ3v) is 6.02. The number of ether oxygens (including phenoxy) is 1. The van der Waals surface area contributed by atoms with Crippen LogP contribution in [0.25, 0.3) is 0 Å². The highest BCUT2D eigenvalue weighted by atomic mass is 31.3. The Bertz CT molecular complexity index is 541. The van der Waals surface area contributed by atoms with Crippen LogP contribution >= 0.6 is 23.5 Å². The van der Waals surface area contributed by atoms with Gasteiger partial charge in [0.15, 0.2) is 6.29 Å². The normalized spacial score (nSPS) is 35.0. The van der Waals surface area contributed by atoms with Gasteiger partial charge in [-0.3, -0.25) is 4.52 Å². The molecule has 0 bridgehead atoms. The molecule has 1 saturated heterocycles. The molecule has 1 fully saturated rings. The summed E-state index contributed by atoms with van der Waals surface area (Å²) in [6.07, 6.45) is -4.22. The van der Waals surface area contributed by atoms with Crippen LogP contribution in [-0.2, 0) is 31.6 Å². The summed E-state index contributed by atoms with van der Waals surface area (Å²) in [5, 5.41) is 27.9. The zero-order chi connectivity index (χ0) is 17.4. The van der Waals surface area contributed by atoms with E-state index in [-0.39, 0.29) is 0 Å². The predicted octanol–water partition coefficient (Wildman–Crippen LogP) is -1.88. The van der Waals surface area contributed by atoms with Crippen molar-refractivity contribution in [1.82, 2.24) is 0 Å². The first-order valence-electron chi connectivity index (χ1n) is 5.19. The number of rotatable bonds is 7. The Kier molecular flexibility index (Phi) is 6.12. The third-order valence-electron chi connectivity index (χ3n) is 2.15. The predicted molar refractivity (Wildman–Crippen MR) is 62.5 cm³/mol. The molecule has 0 aromatic heterocycles. The van der Waals surface area contributed by atoms with Crippen molar-refractivity contribution >= 4 is 23.5 Å². The van der Waals surface area contributed by atoms with Gasteiger partial charge in [0.05, 0.1) is 13.0 Å². The van der Waals surface area contributed by atoms with Crippen LogP contribution in [0.15, 0.2) is 0 Å². The van der Waals surface area contributed by atoms with E-state index in [0.717, 1.165) is 0 Å². The molecule has 0 aromatic carbocycles. The molecule has 0 aliphatic carbocycles. The summed E-state index contributed by atoms with van der Waals surface area (Å²) >= 11 is 0. The first kappa shape index (κ1) is 20.3. The Hall–Kier alpha value is 0.250. The van der Waals surface area contributed by atoms with Gasteiger partial charge in [-0.1, -0.05) is 0 Å². The number of hydrogen-bond donors (Lipinski definition) is 7. The molecule has 1 rings (SSSR count). The van der Waals surface area contributed by atoms with Crippen LogP contribution in [0.3, 0.4) is 0 Å². The summed E-state index contributed by atoms with van der Waals surface area (Å²) < 4.78 is 48.6. The number of phosphoric acid groups is 3. The molecule has 5 atom stereocenters. The summed E-state index contributed by atoms with van der Waals surface area (Å²) in [6, 6.07) is 0. The zero-order valence-electron chi connectivity index (χ0n) is 10.4. The maximum atomic E-state index is 11.5. The van der Waals surface area contributed by atoms with Gasteiger partial charge in [-0.05, 0) is 0 Å². The van der Waals surface area contributed by atoms with Crippen molar-refractivity contribution in [2.24, 2.45) is 0 Å². The lowest BCUT2D eigenvalue weighted by molar-refractivity contribution is -0.195. The van der Waals surface area contributed by atoms with Gasteiger partial charge in [-0.15, -0.1) is 0 Å². The molecule has 22 heavy (non-hydrogen) atoms. The van der Waals surface area contributed by atoms with Crippen LogP contribution in [0.2, 0.25) is 0 Å². The maximum absolute atomic E-state index is 11.5. The lowest BCUT2D eigenvalue weighted by atomic mass is 10.1. The molecule has 1 aliphatic rings. The van der Waals surface area contributed by atoms with Gasteiger partial charge >= 0.3 is 23.5 Å². The Morgan fingerprint density at radius 1 is 1.09 bits per heavy atom. The van der Waals surface area contributed by atoms with Crippen LogP contribution in [0.4, 0.5) is 0 Å². The number of phosphoric ester groups is 1. The summed E-state index contributed by atoms with van der Waals surface area (Å²) in [7, 11) is -16.9. The lowest BCUT2D eigenvalue weighted by Crippen LogP contribution is -2.42. The van der Waals surface area contributed by atoms with Crippen LogP contribution in [0.1, 0.15) is 6.42 Å². The zero-order valence-corrected chi connectivity index (χ0v) is 13.1. The average Bonchev–Trinajstić information content (AvgIpc) is 2.45. The summed E-state index contributed by atoms with van der Waals surface area (Å²) in [4.78, 5) is 34.8. The van der Waals surface area contributed by atoms with E-state index in [4.69, 9.17) is 24.9 Å². The second-order valence-electron chi connectivity index (χ2n) is 3.99. The SMILES string of the molecule is O=P(O)(O)OP(=O)(O)OP(=O)(O)O[C@@]1(O)C[C@@H](O)O[C@@H]1CO. The quantitative estimate of drug-likeness (QED) is 0.186. The topological polar surface area (TPSA) is 230 Å². The van der Waals surface area contributed by atoms with E-state index in [1.54, 1.807) is 0 Å². The minimum absolute atomic E-state index is 0.832. The van der Waals surface area contributed by atoms with Gasteiger partial charge in [0.1, 0.15) is 6.10 Å². The van der Waals surface area contributed by atoms with Crippen LogP contribution in [-0.4, -0.2) is 59.7 Å². The summed E-state index contributed by atoms with van der Waals surface area (Å²) in [6.45, 7) is -0.969. The highest BCUT2D eigenvalue weighted by Gasteiger charge is 2.54. The highest BCUT2D eigenvalue weighted by Crippen LogP contribution is 2.67. The molecule has 0 radical (unpaired) electrons. The van der Waals surface area contributed by atoms with Gasteiger partial charge in [0.25, 0.3) is 0 Å². The second kappa shape index (κ2) is 6.63. The summed E-state index contributed by atoms with van der Waals surface area (Å²) in [5.74, 6) is -2.78. The van der Waals surface area contributed by atoms with E-state index in [9.17, 15) is 23.7 Å². The first-order valence-corrected chi connectivity index (χ1v) is 9.71. The van der Waals surface area contributed by atoms with Crippen molar-refractivity contribution in [1.29, 1.82) is 0 Å². The fourth-order valence-electron chi connectivity index (χ4n) is 1.50. The average molecular weight is 390 g/mol. The third kappa shape index (κ3) is 6.04. The van der Waals surface area contributed by atoms with Gasteiger partial charge in [0, 0.05) is 0 Å². The second-order valence-corrected chi connectivity index (χ2v) is 8.34. The Morgan fingerprint density at radius 2 is 1.64 bits per heavy atom. The molecule has 0 amide bonds. The number of hydrogen-bond acceptors (Lipinski definition) is 10. The molecule has 1 aliphatic heterocycles. The minimum Gasteiger partial charge on any atom is -0.393 e. The molecular formula is C5H13O14P3. The van der Waals surface area contributed by atoms with Gasteiger partial charge in [-0.2, -0.15) is 8.62 Å². The van der Waals surface area contributed by atoms with E-state index >= 15 is 0 Å². The Balaban J connectivity index is 2.85. The van der Waals surface area contributed by atoms with Crippen molar-refractivity contribution < 1.29 is 66.5 Å². The monoisotopic (exact) mass is 390 g/mol. The first-order chi connectivity index (χ1) is 9.68. The lowest BCUT2D eigenvalue weighted by Gasteiger charge is -2.28. The molecule has 132 valence electrons. The molecule has 14 nitrogen and oxygen atoms in total. The van der Waals surface area contributed by atoms with Gasteiger partial charge in [0.2, 0.25) is 5.79 Å². The molecule has 7 N–H and O–H groups in total. The van der Waals surface area contributed by atoms with Crippen molar-refractivity contribution in [2.75, 3.05) is 6.61 Å². The van der Waals surface area contributed by atoms with Crippen molar-refractivity contribution in [3.63, 3.8) is 0 Å². The van der Waals surface area contributed by atoms with Crippen LogP contribution in [0.5, 0.6) is 0 Å². The molecule has 0 saturated carbocycles. The van der Waals surface area contributed by atoms with E-state index in [0.29, 0.717) is 0 Å². The fraction of sp³-hybridized carbons (Fsp3) is 1.00. The minimum atomic E-state index is -5.74. The number of aliphatic hydroxyl groups excluding tert-OH is 2. The van der Waals surface area contributed by atoms with Crippen LogP contribution in [0, 0.1) is 0 Å². The van der Waals surface area contributed by atoms with E-state index < -0.39 is 54.7 Å². The van der Waals surface area contributed by atoms with E-state index in [1.807, 2.05) is 0 Å². The van der Waals surface area contributed by atoms with Gasteiger partial charge < -0.3 is 39.6 Å². The van der Waals surface area contributed by atoms with Gasteiger partial charge in [-0.25, -0.2) is 13.7 Å².